The molecule has 0 bridgehead atoms. The zero-order valence-electron chi connectivity index (χ0n) is 8.50. The monoisotopic (exact) mass is 246 g/mol. The molecule has 0 spiro atoms. The van der Waals surface area contributed by atoms with Crippen LogP contribution in [0.4, 0.5) is 5.69 Å². The highest BCUT2D eigenvalue weighted by molar-refractivity contribution is 7.89. The van der Waals surface area contributed by atoms with Gasteiger partial charge in [-0.15, -0.1) is 0 Å². The molecule has 0 heterocycles. The Balaban J connectivity index is 2.89. The third kappa shape index (κ3) is 3.17. The third-order valence-electron chi connectivity index (χ3n) is 1.95. The van der Waals surface area contributed by atoms with Crippen LogP contribution in [0.5, 0.6) is 0 Å². The molecule has 0 aliphatic carbocycles. The maximum absolute atomic E-state index is 11.7. The van der Waals surface area contributed by atoms with Gasteiger partial charge in [0.15, 0.2) is 0 Å². The molecule has 0 aliphatic heterocycles. The molecule has 1 aromatic rings. The lowest BCUT2D eigenvalue weighted by atomic mass is 10.3. The van der Waals surface area contributed by atoms with Crippen LogP contribution in [-0.2, 0) is 10.0 Å². The van der Waals surface area contributed by atoms with Crippen molar-refractivity contribution in [2.24, 2.45) is 0 Å². The van der Waals surface area contributed by atoms with Crippen molar-refractivity contribution in [3.8, 4) is 0 Å². The Bertz CT molecular complexity index is 425. The summed E-state index contributed by atoms with van der Waals surface area (Å²) in [6.07, 6.45) is 0. The molecule has 90 valence electrons. The van der Waals surface area contributed by atoms with E-state index in [1.807, 2.05) is 0 Å². The molecule has 0 saturated heterocycles. The average Bonchev–Trinajstić information content (AvgIpc) is 2.26. The first kappa shape index (κ1) is 12.9. The molecule has 0 unspecified atom stereocenters. The molecule has 0 aliphatic rings. The van der Waals surface area contributed by atoms with Gasteiger partial charge in [-0.1, -0.05) is 0 Å². The molecule has 0 amide bonds. The maximum Gasteiger partial charge on any atom is 0.240 e. The van der Waals surface area contributed by atoms with Crippen LogP contribution in [0.3, 0.4) is 0 Å². The Morgan fingerprint density at radius 2 is 1.69 bits per heavy atom. The van der Waals surface area contributed by atoms with Gasteiger partial charge in [0.05, 0.1) is 24.2 Å². The van der Waals surface area contributed by atoms with E-state index in [0.717, 1.165) is 0 Å². The largest absolute Gasteiger partial charge is 0.399 e. The quantitative estimate of drug-likeness (QED) is 0.493. The second-order valence-electron chi connectivity index (χ2n) is 3.25. The molecule has 5 N–H and O–H groups in total. The van der Waals surface area contributed by atoms with E-state index in [1.165, 1.54) is 24.3 Å². The lowest BCUT2D eigenvalue weighted by Crippen LogP contribution is -2.39. The van der Waals surface area contributed by atoms with Crippen LogP contribution in [-0.4, -0.2) is 37.9 Å². The zero-order valence-corrected chi connectivity index (χ0v) is 9.31. The van der Waals surface area contributed by atoms with E-state index in [1.54, 1.807) is 0 Å². The highest BCUT2D eigenvalue weighted by Gasteiger charge is 2.18. The number of hydrogen-bond acceptors (Lipinski definition) is 5. The number of anilines is 1. The van der Waals surface area contributed by atoms with Crippen LogP contribution < -0.4 is 10.5 Å². The number of sulfonamides is 1. The van der Waals surface area contributed by atoms with Gasteiger partial charge in [0.1, 0.15) is 0 Å². The number of hydrogen-bond donors (Lipinski definition) is 4. The summed E-state index contributed by atoms with van der Waals surface area (Å²) in [5.74, 6) is 0. The normalized spacial score (nSPS) is 11.9. The van der Waals surface area contributed by atoms with E-state index in [4.69, 9.17) is 15.9 Å². The van der Waals surface area contributed by atoms with Gasteiger partial charge in [-0.05, 0) is 24.3 Å². The fourth-order valence-electron chi connectivity index (χ4n) is 1.07. The summed E-state index contributed by atoms with van der Waals surface area (Å²) >= 11 is 0. The van der Waals surface area contributed by atoms with Crippen molar-refractivity contribution in [1.82, 2.24) is 4.72 Å². The minimum atomic E-state index is -3.73. The van der Waals surface area contributed by atoms with Gasteiger partial charge >= 0.3 is 0 Å². The second kappa shape index (κ2) is 5.26. The van der Waals surface area contributed by atoms with E-state index < -0.39 is 29.3 Å². The molecule has 1 aromatic carbocycles. The Labute approximate surface area is 93.8 Å². The molecule has 0 aromatic heterocycles. The predicted molar refractivity (Wildman–Crippen MR) is 59.1 cm³/mol. The van der Waals surface area contributed by atoms with E-state index in [2.05, 4.69) is 4.72 Å². The highest BCUT2D eigenvalue weighted by Crippen LogP contribution is 2.11. The van der Waals surface area contributed by atoms with Crippen molar-refractivity contribution in [2.45, 2.75) is 10.9 Å². The summed E-state index contributed by atoms with van der Waals surface area (Å²) < 4.78 is 25.6. The number of nitrogens with two attached hydrogens (primary N) is 1. The summed E-state index contributed by atoms with van der Waals surface area (Å²) in [4.78, 5) is 0.0357. The van der Waals surface area contributed by atoms with Gasteiger partial charge in [0, 0.05) is 5.69 Å². The number of rotatable bonds is 5. The first-order valence-corrected chi connectivity index (χ1v) is 6.07. The van der Waals surface area contributed by atoms with Crippen LogP contribution in [0.1, 0.15) is 0 Å². The molecular weight excluding hydrogens is 232 g/mol. The molecule has 1 rings (SSSR count). The lowest BCUT2D eigenvalue weighted by Gasteiger charge is -2.13. The number of aliphatic hydroxyl groups is 2. The number of benzene rings is 1. The molecular formula is C9H14N2O4S. The van der Waals surface area contributed by atoms with Crippen LogP contribution in [0, 0.1) is 0 Å². The number of nitrogens with one attached hydrogen (secondary N) is 1. The molecule has 0 saturated carbocycles. The van der Waals surface area contributed by atoms with Crippen LogP contribution in [0.15, 0.2) is 29.2 Å². The van der Waals surface area contributed by atoms with Crippen LogP contribution in [0.25, 0.3) is 0 Å². The predicted octanol–water partition coefficient (Wildman–Crippen LogP) is -1.10. The maximum atomic E-state index is 11.7. The Kier molecular flexibility index (Phi) is 4.25. The van der Waals surface area contributed by atoms with Crippen molar-refractivity contribution in [2.75, 3.05) is 18.9 Å². The minimum absolute atomic E-state index is 0.0357. The van der Waals surface area contributed by atoms with E-state index in [0.29, 0.717) is 5.69 Å². The third-order valence-corrected chi connectivity index (χ3v) is 3.49. The average molecular weight is 246 g/mol. The van der Waals surface area contributed by atoms with Crippen molar-refractivity contribution in [1.29, 1.82) is 0 Å². The van der Waals surface area contributed by atoms with Gasteiger partial charge in [-0.3, -0.25) is 0 Å². The second-order valence-corrected chi connectivity index (χ2v) is 4.97. The first-order chi connectivity index (χ1) is 7.49. The van der Waals surface area contributed by atoms with Gasteiger partial charge in [0.2, 0.25) is 10.0 Å². The fourth-order valence-corrected chi connectivity index (χ4v) is 2.29. The van der Waals surface area contributed by atoms with E-state index >= 15 is 0 Å². The molecule has 0 radical (unpaired) electrons. The van der Waals surface area contributed by atoms with Gasteiger partial charge < -0.3 is 15.9 Å². The van der Waals surface area contributed by atoms with Crippen LogP contribution >= 0.6 is 0 Å². The smallest absolute Gasteiger partial charge is 0.240 e. The van der Waals surface area contributed by atoms with Gasteiger partial charge in [-0.2, -0.15) is 0 Å². The molecule has 0 fully saturated rings. The summed E-state index contributed by atoms with van der Waals surface area (Å²) in [7, 11) is -3.73. The summed E-state index contributed by atoms with van der Waals surface area (Å²) in [6, 6.07) is 4.72. The summed E-state index contributed by atoms with van der Waals surface area (Å²) in [6.45, 7) is -0.935. The topological polar surface area (TPSA) is 113 Å². The van der Waals surface area contributed by atoms with Gasteiger partial charge in [0.25, 0.3) is 0 Å². The van der Waals surface area contributed by atoms with Crippen LogP contribution in [0.2, 0.25) is 0 Å². The van der Waals surface area contributed by atoms with Crippen molar-refractivity contribution in [3.63, 3.8) is 0 Å². The standard InChI is InChI=1S/C9H14N2O4S/c10-7-1-3-9(4-2-7)16(14,15)11-8(5-12)6-13/h1-4,8,11-13H,5-6,10H2. The Morgan fingerprint density at radius 1 is 1.19 bits per heavy atom. The Hall–Kier alpha value is -1.15. The molecule has 16 heavy (non-hydrogen) atoms. The lowest BCUT2D eigenvalue weighted by molar-refractivity contribution is 0.185. The first-order valence-electron chi connectivity index (χ1n) is 4.59. The zero-order chi connectivity index (χ0) is 12.2. The Morgan fingerprint density at radius 3 is 2.12 bits per heavy atom. The van der Waals surface area contributed by atoms with E-state index in [9.17, 15) is 8.42 Å². The van der Waals surface area contributed by atoms with Crippen molar-refractivity contribution in [3.05, 3.63) is 24.3 Å². The van der Waals surface area contributed by atoms with E-state index in [-0.39, 0.29) is 4.90 Å². The van der Waals surface area contributed by atoms with Gasteiger partial charge in [-0.25, -0.2) is 13.1 Å². The SMILES string of the molecule is Nc1ccc(S(=O)(=O)NC(CO)CO)cc1. The highest BCUT2D eigenvalue weighted by atomic mass is 32.2. The molecule has 6 nitrogen and oxygen atoms in total. The number of nitrogen functional groups attached to an aromatic ring is 1. The molecule has 7 heteroatoms. The fraction of sp³-hybridized carbons (Fsp3) is 0.333. The summed E-state index contributed by atoms with van der Waals surface area (Å²) in [5, 5.41) is 17.5. The van der Waals surface area contributed by atoms with Crippen molar-refractivity contribution >= 4 is 15.7 Å². The minimum Gasteiger partial charge on any atom is -0.399 e. The van der Waals surface area contributed by atoms with Crippen molar-refractivity contribution < 1.29 is 18.6 Å². The molecule has 0 atom stereocenters. The summed E-state index contributed by atoms with van der Waals surface area (Å²) in [5.41, 5.74) is 5.89. The number of aliphatic hydroxyl groups excluding tert-OH is 2.